The van der Waals surface area contributed by atoms with Crippen LogP contribution in [-0.2, 0) is 0 Å². The van der Waals surface area contributed by atoms with Crippen molar-refractivity contribution in [3.05, 3.63) is 59.9 Å². The second kappa shape index (κ2) is 6.47. The molecule has 0 aliphatic carbocycles. The van der Waals surface area contributed by atoms with Gasteiger partial charge in [-0.15, -0.1) is 0 Å². The second-order valence-electron chi connectivity index (χ2n) is 4.07. The number of para-hydroxylation sites is 1. The van der Waals surface area contributed by atoms with Gasteiger partial charge in [-0.25, -0.2) is 5.43 Å². The lowest BCUT2D eigenvalue weighted by Crippen LogP contribution is -2.19. The first kappa shape index (κ1) is 13.7. The third-order valence-electron chi connectivity index (χ3n) is 2.76. The molecule has 1 amide bonds. The molecule has 1 N–H and O–H groups in total. The van der Waals surface area contributed by atoms with Gasteiger partial charge in [0.25, 0.3) is 5.91 Å². The molecule has 0 aliphatic heterocycles. The van der Waals surface area contributed by atoms with Crippen LogP contribution in [0, 0.1) is 0 Å². The van der Waals surface area contributed by atoms with Crippen LogP contribution in [0.25, 0.3) is 0 Å². The Morgan fingerprint density at radius 1 is 1.20 bits per heavy atom. The number of benzene rings is 1. The van der Waals surface area contributed by atoms with Gasteiger partial charge in [-0.2, -0.15) is 5.10 Å². The molecule has 0 fully saturated rings. The zero-order valence-corrected chi connectivity index (χ0v) is 11.3. The van der Waals surface area contributed by atoms with E-state index in [9.17, 15) is 4.79 Å². The Morgan fingerprint density at radius 3 is 2.60 bits per heavy atom. The maximum atomic E-state index is 11.9. The Labute approximate surface area is 117 Å². The number of rotatable bonds is 4. The largest absolute Gasteiger partial charge is 0.496 e. The molecule has 2 rings (SSSR count). The summed E-state index contributed by atoms with van der Waals surface area (Å²) in [7, 11) is 1.60. The first-order valence-electron chi connectivity index (χ1n) is 6.10. The maximum absolute atomic E-state index is 11.9. The molecule has 0 atom stereocenters. The number of nitrogens with one attached hydrogen (secondary N) is 1. The Balaban J connectivity index is 2.13. The predicted octanol–water partition coefficient (Wildman–Crippen LogP) is 2.24. The van der Waals surface area contributed by atoms with E-state index in [1.54, 1.807) is 31.6 Å². The topological polar surface area (TPSA) is 63.6 Å². The van der Waals surface area contributed by atoms with Crippen LogP contribution in [0.3, 0.4) is 0 Å². The van der Waals surface area contributed by atoms with Crippen molar-refractivity contribution in [1.29, 1.82) is 0 Å². The summed E-state index contributed by atoms with van der Waals surface area (Å²) in [6.45, 7) is 1.81. The fraction of sp³-hybridized carbons (Fsp3) is 0.133. The summed E-state index contributed by atoms with van der Waals surface area (Å²) in [4.78, 5) is 15.7. The van der Waals surface area contributed by atoms with E-state index < -0.39 is 0 Å². The van der Waals surface area contributed by atoms with Crippen LogP contribution in [0.2, 0.25) is 0 Å². The highest BCUT2D eigenvalue weighted by Crippen LogP contribution is 2.17. The summed E-state index contributed by atoms with van der Waals surface area (Å²) >= 11 is 0. The molecule has 0 radical (unpaired) electrons. The molecule has 1 aromatic heterocycles. The number of aromatic nitrogens is 1. The third kappa shape index (κ3) is 3.20. The smallest absolute Gasteiger partial charge is 0.271 e. The Kier molecular flexibility index (Phi) is 4.44. The van der Waals surface area contributed by atoms with Crippen molar-refractivity contribution < 1.29 is 9.53 Å². The number of hydrogen-bond acceptors (Lipinski definition) is 4. The monoisotopic (exact) mass is 269 g/mol. The summed E-state index contributed by atoms with van der Waals surface area (Å²) in [6.07, 6.45) is 3.12. The highest BCUT2D eigenvalue weighted by molar-refractivity contribution is 6.02. The van der Waals surface area contributed by atoms with Crippen LogP contribution in [0.1, 0.15) is 22.8 Å². The van der Waals surface area contributed by atoms with Crippen molar-refractivity contribution in [3.8, 4) is 5.75 Å². The summed E-state index contributed by atoms with van der Waals surface area (Å²) < 4.78 is 5.26. The Hall–Kier alpha value is -2.69. The van der Waals surface area contributed by atoms with Gasteiger partial charge in [-0.3, -0.25) is 9.78 Å². The van der Waals surface area contributed by atoms with Gasteiger partial charge in [0, 0.05) is 23.5 Å². The van der Waals surface area contributed by atoms with E-state index in [1.807, 2.05) is 31.2 Å². The molecular weight excluding hydrogens is 254 g/mol. The van der Waals surface area contributed by atoms with Crippen molar-refractivity contribution in [2.24, 2.45) is 5.10 Å². The number of hydrogen-bond donors (Lipinski definition) is 1. The van der Waals surface area contributed by atoms with Crippen molar-refractivity contribution in [1.82, 2.24) is 10.4 Å². The SMILES string of the molecule is COc1ccccc1/C(C)=N\NC(=O)c1ccncc1. The Bertz CT molecular complexity index is 624. The van der Waals surface area contributed by atoms with Gasteiger partial charge in [0.05, 0.1) is 12.8 Å². The fourth-order valence-electron chi connectivity index (χ4n) is 1.71. The van der Waals surface area contributed by atoms with Crippen molar-refractivity contribution in [3.63, 3.8) is 0 Å². The van der Waals surface area contributed by atoms with Crippen molar-refractivity contribution in [2.75, 3.05) is 7.11 Å². The molecule has 2 aromatic rings. The molecule has 1 heterocycles. The number of carbonyl (C=O) groups is 1. The average molecular weight is 269 g/mol. The van der Waals surface area contributed by atoms with E-state index in [1.165, 1.54) is 0 Å². The standard InChI is InChI=1S/C15H15N3O2/c1-11(13-5-3-4-6-14(13)20-2)17-18-15(19)12-7-9-16-10-8-12/h3-10H,1-2H3,(H,18,19)/b17-11-. The molecule has 0 aliphatic rings. The molecule has 0 saturated carbocycles. The number of hydrazone groups is 1. The molecule has 0 spiro atoms. The molecule has 0 saturated heterocycles. The van der Waals surface area contributed by atoms with E-state index in [0.717, 1.165) is 5.56 Å². The summed E-state index contributed by atoms with van der Waals surface area (Å²) in [5, 5.41) is 4.10. The van der Waals surface area contributed by atoms with Gasteiger partial charge in [0.1, 0.15) is 5.75 Å². The highest BCUT2D eigenvalue weighted by atomic mass is 16.5. The predicted molar refractivity (Wildman–Crippen MR) is 76.9 cm³/mol. The van der Waals surface area contributed by atoms with Crippen LogP contribution in [-0.4, -0.2) is 23.7 Å². The molecule has 1 aromatic carbocycles. The molecule has 5 nitrogen and oxygen atoms in total. The minimum absolute atomic E-state index is 0.276. The lowest BCUT2D eigenvalue weighted by molar-refractivity contribution is 0.0954. The summed E-state index contributed by atoms with van der Waals surface area (Å²) in [6, 6.07) is 10.8. The number of ether oxygens (including phenoxy) is 1. The first-order valence-corrected chi connectivity index (χ1v) is 6.10. The molecule has 20 heavy (non-hydrogen) atoms. The van der Waals surface area contributed by atoms with E-state index in [4.69, 9.17) is 4.74 Å². The van der Waals surface area contributed by atoms with Gasteiger partial charge in [-0.1, -0.05) is 12.1 Å². The number of carbonyl (C=O) groups excluding carboxylic acids is 1. The zero-order valence-electron chi connectivity index (χ0n) is 11.3. The molecule has 102 valence electrons. The van der Waals surface area contributed by atoms with Crippen LogP contribution in [0.15, 0.2) is 53.9 Å². The maximum Gasteiger partial charge on any atom is 0.271 e. The Morgan fingerprint density at radius 2 is 1.90 bits per heavy atom. The van der Waals surface area contributed by atoms with Gasteiger partial charge in [-0.05, 0) is 31.2 Å². The van der Waals surface area contributed by atoms with Gasteiger partial charge in [0.15, 0.2) is 0 Å². The van der Waals surface area contributed by atoms with Crippen LogP contribution >= 0.6 is 0 Å². The third-order valence-corrected chi connectivity index (χ3v) is 2.76. The zero-order chi connectivity index (χ0) is 14.4. The van der Waals surface area contributed by atoms with E-state index in [-0.39, 0.29) is 5.91 Å². The van der Waals surface area contributed by atoms with Gasteiger partial charge in [0.2, 0.25) is 0 Å². The molecule has 0 unspecified atom stereocenters. The highest BCUT2D eigenvalue weighted by Gasteiger charge is 2.07. The molecule has 5 heteroatoms. The van der Waals surface area contributed by atoms with Crippen molar-refractivity contribution >= 4 is 11.6 Å². The van der Waals surface area contributed by atoms with Crippen LogP contribution < -0.4 is 10.2 Å². The number of nitrogens with zero attached hydrogens (tertiary/aromatic N) is 2. The van der Waals surface area contributed by atoms with E-state index in [0.29, 0.717) is 17.0 Å². The van der Waals surface area contributed by atoms with E-state index in [2.05, 4.69) is 15.5 Å². The lowest BCUT2D eigenvalue weighted by Gasteiger charge is -2.07. The fourth-order valence-corrected chi connectivity index (χ4v) is 1.71. The first-order chi connectivity index (χ1) is 9.72. The summed E-state index contributed by atoms with van der Waals surface area (Å²) in [5.41, 5.74) is 4.53. The molecule has 0 bridgehead atoms. The molecular formula is C15H15N3O2. The number of pyridine rings is 1. The quantitative estimate of drug-likeness (QED) is 0.684. The number of amides is 1. The van der Waals surface area contributed by atoms with E-state index >= 15 is 0 Å². The minimum atomic E-state index is -0.276. The van der Waals surface area contributed by atoms with Crippen molar-refractivity contribution in [2.45, 2.75) is 6.92 Å². The lowest BCUT2D eigenvalue weighted by atomic mass is 10.1. The second-order valence-corrected chi connectivity index (χ2v) is 4.07. The normalized spacial score (nSPS) is 11.0. The van der Waals surface area contributed by atoms with Crippen LogP contribution in [0.4, 0.5) is 0 Å². The minimum Gasteiger partial charge on any atom is -0.496 e. The number of methoxy groups -OCH3 is 1. The van der Waals surface area contributed by atoms with Gasteiger partial charge >= 0.3 is 0 Å². The van der Waals surface area contributed by atoms with Gasteiger partial charge < -0.3 is 4.74 Å². The average Bonchev–Trinajstić information content (AvgIpc) is 2.53. The van der Waals surface area contributed by atoms with Crippen LogP contribution in [0.5, 0.6) is 5.75 Å². The summed E-state index contributed by atoms with van der Waals surface area (Å²) in [5.74, 6) is 0.438.